The van der Waals surface area contributed by atoms with Crippen molar-refractivity contribution in [2.75, 3.05) is 19.5 Å². The Balaban J connectivity index is 1.87. The molecule has 0 bridgehead atoms. The molecule has 0 aliphatic carbocycles. The summed E-state index contributed by atoms with van der Waals surface area (Å²) in [7, 11) is 2.93. The lowest BCUT2D eigenvalue weighted by molar-refractivity contribution is 0.101. The van der Waals surface area contributed by atoms with Gasteiger partial charge in [0.25, 0.3) is 5.91 Å². The number of phenols is 1. The average molecular weight is 375 g/mol. The SMILES string of the molecule is COc1cc(NC(=O)c2cc(-c3ccccc3O)on2)c(OC)cc1Cl. The van der Waals surface area contributed by atoms with E-state index in [0.29, 0.717) is 27.8 Å². The molecule has 7 nitrogen and oxygen atoms in total. The lowest BCUT2D eigenvalue weighted by atomic mass is 10.1. The number of nitrogens with zero attached hydrogens (tertiary/aromatic N) is 1. The topological polar surface area (TPSA) is 93.8 Å². The summed E-state index contributed by atoms with van der Waals surface area (Å²) in [6.45, 7) is 0. The minimum atomic E-state index is -0.516. The summed E-state index contributed by atoms with van der Waals surface area (Å²) >= 11 is 6.05. The fourth-order valence-electron chi connectivity index (χ4n) is 2.34. The van der Waals surface area contributed by atoms with Crippen LogP contribution in [0.25, 0.3) is 11.3 Å². The quantitative estimate of drug-likeness (QED) is 0.701. The fourth-order valence-corrected chi connectivity index (χ4v) is 2.57. The Bertz CT molecular complexity index is 955. The van der Waals surface area contributed by atoms with E-state index in [-0.39, 0.29) is 17.2 Å². The van der Waals surface area contributed by atoms with Gasteiger partial charge in [-0.25, -0.2) is 0 Å². The molecule has 26 heavy (non-hydrogen) atoms. The number of benzene rings is 2. The van der Waals surface area contributed by atoms with Crippen molar-refractivity contribution < 1.29 is 23.9 Å². The number of hydrogen-bond acceptors (Lipinski definition) is 6. The Labute approximate surface area is 154 Å². The smallest absolute Gasteiger partial charge is 0.277 e. The van der Waals surface area contributed by atoms with Gasteiger partial charge in [-0.1, -0.05) is 28.9 Å². The van der Waals surface area contributed by atoms with Crippen molar-refractivity contribution in [1.29, 1.82) is 0 Å². The van der Waals surface area contributed by atoms with Crippen LogP contribution in [0.3, 0.4) is 0 Å². The maximum Gasteiger partial charge on any atom is 0.277 e. The first-order chi connectivity index (χ1) is 12.5. The highest BCUT2D eigenvalue weighted by molar-refractivity contribution is 6.32. The summed E-state index contributed by atoms with van der Waals surface area (Å²) in [5.41, 5.74) is 0.842. The van der Waals surface area contributed by atoms with E-state index in [9.17, 15) is 9.90 Å². The van der Waals surface area contributed by atoms with Gasteiger partial charge in [0.15, 0.2) is 11.5 Å². The zero-order valence-corrected chi connectivity index (χ0v) is 14.7. The molecular weight excluding hydrogens is 360 g/mol. The zero-order chi connectivity index (χ0) is 18.7. The van der Waals surface area contributed by atoms with E-state index in [2.05, 4.69) is 10.5 Å². The van der Waals surface area contributed by atoms with Crippen LogP contribution in [0.5, 0.6) is 17.2 Å². The first-order valence-electron chi connectivity index (χ1n) is 7.51. The third-order valence-electron chi connectivity index (χ3n) is 3.63. The summed E-state index contributed by atoms with van der Waals surface area (Å²) in [5.74, 6) is 0.540. The third-order valence-corrected chi connectivity index (χ3v) is 3.93. The Morgan fingerprint density at radius 3 is 2.58 bits per heavy atom. The fraction of sp³-hybridized carbons (Fsp3) is 0.111. The molecule has 8 heteroatoms. The maximum absolute atomic E-state index is 12.5. The van der Waals surface area contributed by atoms with Gasteiger partial charge in [0, 0.05) is 18.2 Å². The molecule has 0 saturated carbocycles. The molecule has 134 valence electrons. The second-order valence-corrected chi connectivity index (χ2v) is 5.64. The predicted octanol–water partition coefficient (Wildman–Crippen LogP) is 3.97. The van der Waals surface area contributed by atoms with E-state index in [1.54, 1.807) is 24.3 Å². The van der Waals surface area contributed by atoms with Crippen LogP contribution in [-0.2, 0) is 0 Å². The van der Waals surface area contributed by atoms with E-state index >= 15 is 0 Å². The van der Waals surface area contributed by atoms with Crippen LogP contribution in [0.4, 0.5) is 5.69 Å². The number of carbonyl (C=O) groups is 1. The monoisotopic (exact) mass is 374 g/mol. The molecule has 3 aromatic rings. The minimum Gasteiger partial charge on any atom is -0.507 e. The molecule has 2 N–H and O–H groups in total. The first kappa shape index (κ1) is 17.6. The summed E-state index contributed by atoms with van der Waals surface area (Å²) in [6.07, 6.45) is 0. The highest BCUT2D eigenvalue weighted by Crippen LogP contribution is 2.36. The molecule has 0 aliphatic rings. The number of halogens is 1. The number of nitrogens with one attached hydrogen (secondary N) is 1. The largest absolute Gasteiger partial charge is 0.507 e. The minimum absolute atomic E-state index is 0.0275. The number of amides is 1. The normalized spacial score (nSPS) is 10.4. The van der Waals surface area contributed by atoms with Crippen LogP contribution in [0.1, 0.15) is 10.5 Å². The van der Waals surface area contributed by atoms with Gasteiger partial charge in [-0.05, 0) is 12.1 Å². The average Bonchev–Trinajstić information content (AvgIpc) is 3.13. The first-order valence-corrected chi connectivity index (χ1v) is 7.89. The van der Waals surface area contributed by atoms with Gasteiger partial charge in [0.2, 0.25) is 0 Å². The number of rotatable bonds is 5. The molecule has 0 radical (unpaired) electrons. The third kappa shape index (κ3) is 3.43. The molecular formula is C18H15ClN2O5. The molecule has 0 saturated heterocycles. The van der Waals surface area contributed by atoms with E-state index in [4.69, 9.17) is 25.6 Å². The van der Waals surface area contributed by atoms with Crippen LogP contribution in [0.15, 0.2) is 47.0 Å². The van der Waals surface area contributed by atoms with Crippen molar-refractivity contribution in [3.8, 4) is 28.6 Å². The van der Waals surface area contributed by atoms with E-state index in [1.165, 1.54) is 32.4 Å². The van der Waals surface area contributed by atoms with Crippen LogP contribution in [0, 0.1) is 0 Å². The molecule has 0 unspecified atom stereocenters. The molecule has 0 fully saturated rings. The predicted molar refractivity (Wildman–Crippen MR) is 96.1 cm³/mol. The van der Waals surface area contributed by atoms with Crippen molar-refractivity contribution in [3.63, 3.8) is 0 Å². The lowest BCUT2D eigenvalue weighted by Crippen LogP contribution is -2.13. The van der Waals surface area contributed by atoms with Crippen molar-refractivity contribution in [3.05, 3.63) is 53.2 Å². The molecule has 1 aromatic heterocycles. The molecule has 2 aromatic carbocycles. The van der Waals surface area contributed by atoms with E-state index < -0.39 is 5.91 Å². The van der Waals surface area contributed by atoms with Gasteiger partial charge >= 0.3 is 0 Å². The van der Waals surface area contributed by atoms with Crippen LogP contribution in [-0.4, -0.2) is 30.4 Å². The number of ether oxygens (including phenoxy) is 2. The van der Waals surface area contributed by atoms with Crippen molar-refractivity contribution in [1.82, 2.24) is 5.16 Å². The number of aromatic nitrogens is 1. The van der Waals surface area contributed by atoms with Gasteiger partial charge in [-0.3, -0.25) is 4.79 Å². The number of carbonyl (C=O) groups excluding carboxylic acids is 1. The maximum atomic E-state index is 12.5. The summed E-state index contributed by atoms with van der Waals surface area (Å²) < 4.78 is 15.5. The van der Waals surface area contributed by atoms with Crippen molar-refractivity contribution in [2.45, 2.75) is 0 Å². The number of anilines is 1. The summed E-state index contributed by atoms with van der Waals surface area (Å²) in [4.78, 5) is 12.5. The molecule has 1 amide bonds. The van der Waals surface area contributed by atoms with Gasteiger partial charge in [0.05, 0.1) is 30.5 Å². The van der Waals surface area contributed by atoms with E-state index in [0.717, 1.165) is 0 Å². The highest BCUT2D eigenvalue weighted by atomic mass is 35.5. The highest BCUT2D eigenvalue weighted by Gasteiger charge is 2.18. The number of hydrogen-bond donors (Lipinski definition) is 2. The van der Waals surface area contributed by atoms with Gasteiger partial charge in [-0.2, -0.15) is 0 Å². The molecule has 1 heterocycles. The Morgan fingerprint density at radius 1 is 1.15 bits per heavy atom. The Hall–Kier alpha value is -3.19. The van der Waals surface area contributed by atoms with Crippen LogP contribution >= 0.6 is 11.6 Å². The summed E-state index contributed by atoms with van der Waals surface area (Å²) in [5, 5.41) is 16.6. The second kappa shape index (κ2) is 7.37. The van der Waals surface area contributed by atoms with Crippen molar-refractivity contribution >= 4 is 23.2 Å². The molecule has 0 spiro atoms. The van der Waals surface area contributed by atoms with Crippen LogP contribution < -0.4 is 14.8 Å². The second-order valence-electron chi connectivity index (χ2n) is 5.23. The number of para-hydroxylation sites is 1. The van der Waals surface area contributed by atoms with Gasteiger partial charge in [-0.15, -0.1) is 0 Å². The zero-order valence-electron chi connectivity index (χ0n) is 13.9. The number of aromatic hydroxyl groups is 1. The Morgan fingerprint density at radius 2 is 1.88 bits per heavy atom. The number of phenolic OH excluding ortho intramolecular Hbond substituents is 1. The van der Waals surface area contributed by atoms with Crippen molar-refractivity contribution in [2.24, 2.45) is 0 Å². The molecule has 0 atom stereocenters. The van der Waals surface area contributed by atoms with Gasteiger partial charge in [0.1, 0.15) is 17.2 Å². The Kier molecular flexibility index (Phi) is 4.99. The number of methoxy groups -OCH3 is 2. The summed E-state index contributed by atoms with van der Waals surface area (Å²) in [6, 6.07) is 11.1. The lowest BCUT2D eigenvalue weighted by Gasteiger charge is -2.12. The molecule has 0 aliphatic heterocycles. The standard InChI is InChI=1S/C18H15ClN2O5/c1-24-16-8-12(17(25-2)7-11(16)19)20-18(23)13-9-15(26-21-13)10-5-3-4-6-14(10)22/h3-9,22H,1-2H3,(H,20,23). The van der Waals surface area contributed by atoms with Crippen LogP contribution in [0.2, 0.25) is 5.02 Å². The van der Waals surface area contributed by atoms with E-state index in [1.807, 2.05) is 0 Å². The van der Waals surface area contributed by atoms with Gasteiger partial charge < -0.3 is 24.4 Å². The molecule has 3 rings (SSSR count).